The van der Waals surface area contributed by atoms with Gasteiger partial charge in [0.05, 0.1) is 0 Å². The van der Waals surface area contributed by atoms with Gasteiger partial charge in [-0.15, -0.1) is 0 Å². The molecule has 0 saturated carbocycles. The van der Waals surface area contributed by atoms with Crippen LogP contribution in [0.3, 0.4) is 0 Å². The van der Waals surface area contributed by atoms with E-state index in [0.29, 0.717) is 29.7 Å². The number of anilines is 2. The van der Waals surface area contributed by atoms with Crippen molar-refractivity contribution in [3.8, 4) is 0 Å². The minimum absolute atomic E-state index is 0.103. The summed E-state index contributed by atoms with van der Waals surface area (Å²) < 4.78 is 0. The number of nitrogens with one attached hydrogen (secondary N) is 1. The first-order valence-electron chi connectivity index (χ1n) is 8.84. The number of piperazine rings is 1. The molecule has 7 heteroatoms. The lowest BCUT2D eigenvalue weighted by atomic mass is 10.2. The van der Waals surface area contributed by atoms with Crippen LogP contribution in [0.2, 0.25) is 5.02 Å². The third-order valence-electron chi connectivity index (χ3n) is 4.34. The van der Waals surface area contributed by atoms with Crippen LogP contribution in [0, 0.1) is 6.92 Å². The van der Waals surface area contributed by atoms with Gasteiger partial charge in [0.15, 0.2) is 0 Å². The van der Waals surface area contributed by atoms with E-state index in [4.69, 9.17) is 11.6 Å². The molecule has 0 atom stereocenters. The predicted octanol–water partition coefficient (Wildman–Crippen LogP) is 3.92. The molecule has 0 bridgehead atoms. The molecule has 0 spiro atoms. The molecular formula is C19H24ClN5O. The second kappa shape index (κ2) is 7.91. The summed E-state index contributed by atoms with van der Waals surface area (Å²) in [6, 6.07) is 9.08. The minimum atomic E-state index is -0.103. The van der Waals surface area contributed by atoms with Crippen molar-refractivity contribution in [2.24, 2.45) is 0 Å². The number of benzene rings is 1. The maximum atomic E-state index is 12.4. The van der Waals surface area contributed by atoms with Crippen LogP contribution in [0.15, 0.2) is 30.3 Å². The summed E-state index contributed by atoms with van der Waals surface area (Å²) in [6.07, 6.45) is 0. The molecule has 1 aliphatic heterocycles. The van der Waals surface area contributed by atoms with Crippen molar-refractivity contribution >= 4 is 29.1 Å². The summed E-state index contributed by atoms with van der Waals surface area (Å²) in [4.78, 5) is 25.7. The number of amides is 2. The Labute approximate surface area is 159 Å². The minimum Gasteiger partial charge on any atom is -0.353 e. The lowest BCUT2D eigenvalue weighted by Crippen LogP contribution is -2.50. The van der Waals surface area contributed by atoms with Gasteiger partial charge in [-0.2, -0.15) is 0 Å². The zero-order chi connectivity index (χ0) is 18.7. The van der Waals surface area contributed by atoms with Crippen molar-refractivity contribution in [2.45, 2.75) is 26.7 Å². The molecule has 1 aromatic carbocycles. The van der Waals surface area contributed by atoms with Gasteiger partial charge >= 0.3 is 6.03 Å². The molecule has 26 heavy (non-hydrogen) atoms. The lowest BCUT2D eigenvalue weighted by molar-refractivity contribution is 0.208. The molecule has 1 fully saturated rings. The number of hydrogen-bond donors (Lipinski definition) is 1. The molecule has 0 radical (unpaired) electrons. The number of carbonyl (C=O) groups excluding carboxylic acids is 1. The van der Waals surface area contributed by atoms with Gasteiger partial charge in [0, 0.05) is 54.6 Å². The summed E-state index contributed by atoms with van der Waals surface area (Å²) in [7, 11) is 0. The number of carbonyl (C=O) groups is 1. The van der Waals surface area contributed by atoms with Gasteiger partial charge in [0.1, 0.15) is 11.6 Å². The van der Waals surface area contributed by atoms with Crippen LogP contribution in [0.1, 0.15) is 31.3 Å². The number of aromatic nitrogens is 2. The number of halogens is 1. The fourth-order valence-electron chi connectivity index (χ4n) is 2.90. The third kappa shape index (κ3) is 4.43. The van der Waals surface area contributed by atoms with Crippen molar-refractivity contribution in [2.75, 3.05) is 36.4 Å². The average Bonchev–Trinajstić information content (AvgIpc) is 2.61. The van der Waals surface area contributed by atoms with Crippen LogP contribution in [-0.2, 0) is 0 Å². The topological polar surface area (TPSA) is 61.4 Å². The Morgan fingerprint density at radius 1 is 1.15 bits per heavy atom. The van der Waals surface area contributed by atoms with E-state index in [1.54, 1.807) is 12.1 Å². The Bertz CT molecular complexity index is 787. The Kier molecular flexibility index (Phi) is 5.61. The molecule has 138 valence electrons. The maximum Gasteiger partial charge on any atom is 0.321 e. The van der Waals surface area contributed by atoms with Gasteiger partial charge in [-0.25, -0.2) is 14.8 Å². The van der Waals surface area contributed by atoms with E-state index in [9.17, 15) is 4.79 Å². The Hall–Kier alpha value is -2.34. The van der Waals surface area contributed by atoms with Crippen molar-refractivity contribution < 1.29 is 4.79 Å². The van der Waals surface area contributed by atoms with Crippen molar-refractivity contribution in [3.63, 3.8) is 0 Å². The van der Waals surface area contributed by atoms with Gasteiger partial charge < -0.3 is 15.1 Å². The highest BCUT2D eigenvalue weighted by molar-refractivity contribution is 6.30. The van der Waals surface area contributed by atoms with E-state index >= 15 is 0 Å². The molecule has 1 aliphatic rings. The number of aryl methyl sites for hydroxylation is 1. The average molecular weight is 374 g/mol. The van der Waals surface area contributed by atoms with Crippen LogP contribution in [0.4, 0.5) is 16.3 Å². The molecule has 3 rings (SSSR count). The molecular weight excluding hydrogens is 350 g/mol. The normalized spacial score (nSPS) is 14.7. The predicted molar refractivity (Wildman–Crippen MR) is 105 cm³/mol. The van der Waals surface area contributed by atoms with Crippen LogP contribution in [0.5, 0.6) is 0 Å². The summed E-state index contributed by atoms with van der Waals surface area (Å²) in [5, 5.41) is 3.50. The molecule has 2 aromatic rings. The zero-order valence-corrected chi connectivity index (χ0v) is 16.1. The van der Waals surface area contributed by atoms with Crippen LogP contribution in [0.25, 0.3) is 0 Å². The van der Waals surface area contributed by atoms with Crippen molar-refractivity contribution in [1.29, 1.82) is 0 Å². The van der Waals surface area contributed by atoms with Gasteiger partial charge in [-0.3, -0.25) is 0 Å². The molecule has 1 aromatic heterocycles. The second-order valence-corrected chi connectivity index (χ2v) is 7.23. The number of hydrogen-bond acceptors (Lipinski definition) is 4. The quantitative estimate of drug-likeness (QED) is 0.885. The van der Waals surface area contributed by atoms with Gasteiger partial charge in [0.25, 0.3) is 0 Å². The monoisotopic (exact) mass is 373 g/mol. The standard InChI is InChI=1S/C19H24ClN5O/c1-13(2)18-21-14(3)11-17(23-18)24-7-9-25(10-8-24)19(26)22-16-6-4-5-15(20)12-16/h4-6,11-13H,7-10H2,1-3H3,(H,22,26). The van der Waals surface area contributed by atoms with Gasteiger partial charge in [-0.05, 0) is 25.1 Å². The molecule has 1 saturated heterocycles. The summed E-state index contributed by atoms with van der Waals surface area (Å²) in [5.41, 5.74) is 1.68. The summed E-state index contributed by atoms with van der Waals surface area (Å²) in [5.74, 6) is 2.09. The molecule has 1 N–H and O–H groups in total. The van der Waals surface area contributed by atoms with E-state index in [1.165, 1.54) is 0 Å². The molecule has 2 heterocycles. The van der Waals surface area contributed by atoms with E-state index < -0.39 is 0 Å². The van der Waals surface area contributed by atoms with Crippen LogP contribution < -0.4 is 10.2 Å². The lowest BCUT2D eigenvalue weighted by Gasteiger charge is -2.35. The van der Waals surface area contributed by atoms with Crippen molar-refractivity contribution in [1.82, 2.24) is 14.9 Å². The van der Waals surface area contributed by atoms with Crippen molar-refractivity contribution in [3.05, 3.63) is 46.9 Å². The Balaban J connectivity index is 1.61. The Morgan fingerprint density at radius 3 is 2.54 bits per heavy atom. The smallest absolute Gasteiger partial charge is 0.321 e. The molecule has 0 aliphatic carbocycles. The first kappa shape index (κ1) is 18.5. The fraction of sp³-hybridized carbons (Fsp3) is 0.421. The highest BCUT2D eigenvalue weighted by atomic mass is 35.5. The van der Waals surface area contributed by atoms with E-state index in [2.05, 4.69) is 34.0 Å². The largest absolute Gasteiger partial charge is 0.353 e. The fourth-order valence-corrected chi connectivity index (χ4v) is 3.09. The second-order valence-electron chi connectivity index (χ2n) is 6.80. The highest BCUT2D eigenvalue weighted by Crippen LogP contribution is 2.20. The van der Waals surface area contributed by atoms with Gasteiger partial charge in [-0.1, -0.05) is 31.5 Å². The van der Waals surface area contributed by atoms with E-state index in [0.717, 1.165) is 30.4 Å². The van der Waals surface area contributed by atoms with Crippen LogP contribution >= 0.6 is 11.6 Å². The highest BCUT2D eigenvalue weighted by Gasteiger charge is 2.22. The maximum absolute atomic E-state index is 12.4. The SMILES string of the molecule is Cc1cc(N2CCN(C(=O)Nc3cccc(Cl)c3)CC2)nc(C(C)C)n1. The van der Waals surface area contributed by atoms with Gasteiger partial charge in [0.2, 0.25) is 0 Å². The Morgan fingerprint density at radius 2 is 1.88 bits per heavy atom. The number of nitrogens with zero attached hydrogens (tertiary/aromatic N) is 4. The number of rotatable bonds is 3. The zero-order valence-electron chi connectivity index (χ0n) is 15.4. The molecule has 6 nitrogen and oxygen atoms in total. The number of urea groups is 1. The first-order valence-corrected chi connectivity index (χ1v) is 9.22. The third-order valence-corrected chi connectivity index (χ3v) is 4.58. The summed E-state index contributed by atoms with van der Waals surface area (Å²) >= 11 is 5.97. The summed E-state index contributed by atoms with van der Waals surface area (Å²) in [6.45, 7) is 8.96. The van der Waals surface area contributed by atoms with E-state index in [-0.39, 0.29) is 6.03 Å². The van der Waals surface area contributed by atoms with E-state index in [1.807, 2.05) is 30.0 Å². The molecule has 0 unspecified atom stereocenters. The molecule has 2 amide bonds. The van der Waals surface area contributed by atoms with Crippen LogP contribution in [-0.4, -0.2) is 47.1 Å². The first-order chi connectivity index (χ1) is 12.4.